The molecule has 1 aromatic rings. The Bertz CT molecular complexity index is 607. The lowest BCUT2D eigenvalue weighted by molar-refractivity contribution is -0.0220. The minimum atomic E-state index is -0.992. The number of aromatic nitrogens is 2. The van der Waals surface area contributed by atoms with Gasteiger partial charge in [0, 0.05) is 7.05 Å². The van der Waals surface area contributed by atoms with Gasteiger partial charge in [0.05, 0.1) is 19.3 Å². The predicted octanol–water partition coefficient (Wildman–Crippen LogP) is -3.03. The topological polar surface area (TPSA) is 154 Å². The van der Waals surface area contributed by atoms with Crippen molar-refractivity contribution in [1.82, 2.24) is 9.97 Å². The summed E-state index contributed by atoms with van der Waals surface area (Å²) in [6.07, 6.45) is -2.46. The summed E-state index contributed by atoms with van der Waals surface area (Å²) in [6, 6.07) is -0.733. The zero-order valence-corrected chi connectivity index (χ0v) is 11.4. The number of hydrogen-bond donors (Lipinski definition) is 5. The summed E-state index contributed by atoms with van der Waals surface area (Å²) in [5.74, 6) is 0.342. The van der Waals surface area contributed by atoms with Gasteiger partial charge in [-0.25, -0.2) is 0 Å². The molecule has 10 heteroatoms. The normalized spacial score (nSPS) is 31.8. The molecule has 10 nitrogen and oxygen atoms in total. The van der Waals surface area contributed by atoms with Crippen molar-refractivity contribution in [3.63, 3.8) is 0 Å². The lowest BCUT2D eigenvalue weighted by Crippen LogP contribution is -2.50. The molecule has 0 unspecified atom stereocenters. The van der Waals surface area contributed by atoms with Crippen LogP contribution in [0, 0.1) is 0 Å². The van der Waals surface area contributed by atoms with Gasteiger partial charge in [0.1, 0.15) is 17.9 Å². The molecule has 0 saturated carbocycles. The van der Waals surface area contributed by atoms with E-state index in [9.17, 15) is 15.0 Å². The molecule has 3 rings (SSSR count). The number of rotatable bonds is 2. The van der Waals surface area contributed by atoms with Crippen molar-refractivity contribution < 1.29 is 14.9 Å². The largest absolute Gasteiger partial charge is 0.394 e. The molecule has 1 aromatic heterocycles. The fourth-order valence-corrected chi connectivity index (χ4v) is 2.78. The molecule has 3 heterocycles. The van der Waals surface area contributed by atoms with E-state index in [4.69, 9.17) is 16.2 Å². The van der Waals surface area contributed by atoms with Crippen molar-refractivity contribution in [3.05, 3.63) is 10.4 Å². The Kier molecular flexibility index (Phi) is 3.24. The first-order valence-corrected chi connectivity index (χ1v) is 6.51. The van der Waals surface area contributed by atoms with Crippen LogP contribution in [0.5, 0.6) is 0 Å². The number of nitrogens with one attached hydrogen (secondary N) is 1. The van der Waals surface area contributed by atoms with E-state index >= 15 is 0 Å². The Hall–Kier alpha value is -1.88. The molecule has 0 aromatic carbocycles. The Morgan fingerprint density at radius 3 is 2.90 bits per heavy atom. The van der Waals surface area contributed by atoms with Gasteiger partial charge < -0.3 is 36.2 Å². The van der Waals surface area contributed by atoms with E-state index in [2.05, 4.69) is 9.97 Å². The molecule has 1 fully saturated rings. The van der Waals surface area contributed by atoms with Crippen molar-refractivity contribution in [2.45, 2.75) is 24.5 Å². The van der Waals surface area contributed by atoms with Crippen LogP contribution in [-0.2, 0) is 4.74 Å². The van der Waals surface area contributed by atoms with E-state index in [1.807, 2.05) is 0 Å². The van der Waals surface area contributed by atoms with Crippen LogP contribution < -0.4 is 26.8 Å². The second-order valence-corrected chi connectivity index (χ2v) is 5.25. The van der Waals surface area contributed by atoms with Crippen molar-refractivity contribution in [2.75, 3.05) is 35.9 Å². The number of fused-ring (bicyclic) bond motifs is 1. The SMILES string of the molecule is CN1CN([C@@H]2O[C@H](CO)[C@@H](O)[C@H]2N)c2nc(N)[nH]c(=O)c21. The monoisotopic (exact) mass is 298 g/mol. The van der Waals surface area contributed by atoms with Crippen LogP contribution >= 0.6 is 0 Å². The van der Waals surface area contributed by atoms with Crippen LogP contribution in [0.15, 0.2) is 4.79 Å². The lowest BCUT2D eigenvalue weighted by atomic mass is 10.1. The van der Waals surface area contributed by atoms with E-state index in [1.54, 1.807) is 16.8 Å². The van der Waals surface area contributed by atoms with Gasteiger partial charge in [-0.2, -0.15) is 4.98 Å². The molecule has 7 N–H and O–H groups in total. The number of anilines is 3. The van der Waals surface area contributed by atoms with E-state index < -0.39 is 24.5 Å². The highest BCUT2D eigenvalue weighted by atomic mass is 16.5. The number of aromatic amines is 1. The van der Waals surface area contributed by atoms with Crippen LogP contribution in [0.25, 0.3) is 0 Å². The van der Waals surface area contributed by atoms with Gasteiger partial charge in [0.2, 0.25) is 5.95 Å². The van der Waals surface area contributed by atoms with Crippen molar-refractivity contribution in [3.8, 4) is 0 Å². The minimum absolute atomic E-state index is 0.00937. The second kappa shape index (κ2) is 4.84. The maximum absolute atomic E-state index is 12.0. The summed E-state index contributed by atoms with van der Waals surface area (Å²) >= 11 is 0. The van der Waals surface area contributed by atoms with Gasteiger partial charge in [-0.3, -0.25) is 9.78 Å². The fourth-order valence-electron chi connectivity index (χ4n) is 2.78. The molecule has 0 aliphatic carbocycles. The highest BCUT2D eigenvalue weighted by molar-refractivity contribution is 5.72. The molecule has 2 aliphatic rings. The van der Waals surface area contributed by atoms with Crippen LogP contribution in [0.4, 0.5) is 17.5 Å². The molecule has 21 heavy (non-hydrogen) atoms. The molecule has 116 valence electrons. The Balaban J connectivity index is 1.99. The van der Waals surface area contributed by atoms with E-state index in [0.717, 1.165) is 0 Å². The third-order valence-corrected chi connectivity index (χ3v) is 3.82. The fraction of sp³-hybridized carbons (Fsp3) is 0.636. The molecular weight excluding hydrogens is 280 g/mol. The Morgan fingerprint density at radius 1 is 1.57 bits per heavy atom. The zero-order valence-electron chi connectivity index (χ0n) is 11.4. The van der Waals surface area contributed by atoms with E-state index in [1.165, 1.54) is 0 Å². The highest BCUT2D eigenvalue weighted by Gasteiger charge is 2.47. The zero-order chi connectivity index (χ0) is 15.3. The Labute approximate surface area is 119 Å². The van der Waals surface area contributed by atoms with Gasteiger partial charge in [-0.1, -0.05) is 0 Å². The number of ether oxygens (including phenoxy) is 1. The van der Waals surface area contributed by atoms with Crippen LogP contribution in [0.2, 0.25) is 0 Å². The van der Waals surface area contributed by atoms with Gasteiger partial charge in [0.25, 0.3) is 5.56 Å². The first kappa shape index (κ1) is 14.1. The first-order chi connectivity index (χ1) is 9.93. The van der Waals surface area contributed by atoms with Crippen LogP contribution in [0.1, 0.15) is 0 Å². The second-order valence-electron chi connectivity index (χ2n) is 5.25. The highest BCUT2D eigenvalue weighted by Crippen LogP contribution is 2.35. The van der Waals surface area contributed by atoms with E-state index in [0.29, 0.717) is 18.2 Å². The summed E-state index contributed by atoms with van der Waals surface area (Å²) in [4.78, 5) is 21.9. The van der Waals surface area contributed by atoms with Crippen molar-refractivity contribution >= 4 is 17.5 Å². The standard InChI is InChI=1S/C11H18N6O4/c1-16-3-17(8-6(16)9(20)15-11(13)14-8)10-5(12)7(19)4(2-18)21-10/h4-5,7,10,18-19H,2-3,12H2,1H3,(H3,13,14,15,20)/t4-,5-,7-,10-/m1/s1. The molecule has 0 radical (unpaired) electrons. The smallest absolute Gasteiger partial charge is 0.278 e. The summed E-state index contributed by atoms with van der Waals surface area (Å²) in [6.45, 7) is -0.0229. The molecular formula is C11H18N6O4. The third kappa shape index (κ3) is 2.03. The molecule has 0 bridgehead atoms. The average molecular weight is 298 g/mol. The maximum Gasteiger partial charge on any atom is 0.278 e. The quantitative estimate of drug-likeness (QED) is 0.383. The minimum Gasteiger partial charge on any atom is -0.394 e. The number of nitrogens with two attached hydrogens (primary N) is 2. The number of aliphatic hydroxyl groups is 2. The number of nitrogen functional groups attached to an aromatic ring is 1. The number of aliphatic hydroxyl groups excluding tert-OH is 2. The summed E-state index contributed by atoms with van der Waals surface area (Å²) in [5, 5.41) is 19.1. The number of nitrogens with zero attached hydrogens (tertiary/aromatic N) is 3. The molecule has 1 saturated heterocycles. The van der Waals surface area contributed by atoms with Crippen LogP contribution in [0.3, 0.4) is 0 Å². The number of hydrogen-bond acceptors (Lipinski definition) is 9. The Morgan fingerprint density at radius 2 is 2.29 bits per heavy atom. The van der Waals surface area contributed by atoms with Gasteiger partial charge in [-0.15, -0.1) is 0 Å². The van der Waals surface area contributed by atoms with Crippen LogP contribution in [-0.4, -0.2) is 65.0 Å². The first-order valence-electron chi connectivity index (χ1n) is 6.51. The van der Waals surface area contributed by atoms with Gasteiger partial charge in [-0.05, 0) is 0 Å². The lowest BCUT2D eigenvalue weighted by Gasteiger charge is -2.28. The molecule has 4 atom stereocenters. The third-order valence-electron chi connectivity index (χ3n) is 3.82. The summed E-state index contributed by atoms with van der Waals surface area (Å²) in [5.41, 5.74) is 11.5. The predicted molar refractivity (Wildman–Crippen MR) is 74.7 cm³/mol. The molecule has 2 aliphatic heterocycles. The molecule has 0 amide bonds. The van der Waals surface area contributed by atoms with Crippen molar-refractivity contribution in [1.29, 1.82) is 0 Å². The average Bonchev–Trinajstić information content (AvgIpc) is 2.89. The summed E-state index contributed by atoms with van der Waals surface area (Å²) < 4.78 is 5.59. The van der Waals surface area contributed by atoms with Crippen molar-refractivity contribution in [2.24, 2.45) is 5.73 Å². The maximum atomic E-state index is 12.0. The summed E-state index contributed by atoms with van der Waals surface area (Å²) in [7, 11) is 1.73. The molecule has 0 spiro atoms. The van der Waals surface area contributed by atoms with Gasteiger partial charge in [0.15, 0.2) is 12.0 Å². The number of H-pyrrole nitrogens is 1. The van der Waals surface area contributed by atoms with E-state index in [-0.39, 0.29) is 18.1 Å². The van der Waals surface area contributed by atoms with Gasteiger partial charge >= 0.3 is 0 Å².